The summed E-state index contributed by atoms with van der Waals surface area (Å²) in [7, 11) is 4.10. The first-order valence-corrected chi connectivity index (χ1v) is 7.31. The second-order valence-electron chi connectivity index (χ2n) is 5.67. The number of urea groups is 1. The SMILES string of the molecule is CN(C)C1CCN(C(=O)Nc2ccc(-n3cncn3)cc2)C1. The van der Waals surface area contributed by atoms with Crippen molar-refractivity contribution in [1.29, 1.82) is 0 Å². The number of carbonyl (C=O) groups excluding carboxylic acids is 1. The topological polar surface area (TPSA) is 66.3 Å². The zero-order valence-electron chi connectivity index (χ0n) is 12.8. The highest BCUT2D eigenvalue weighted by molar-refractivity contribution is 5.89. The highest BCUT2D eigenvalue weighted by Crippen LogP contribution is 2.16. The Morgan fingerprint density at radius 3 is 2.68 bits per heavy atom. The van der Waals surface area contributed by atoms with E-state index in [9.17, 15) is 4.79 Å². The van der Waals surface area contributed by atoms with Crippen molar-refractivity contribution < 1.29 is 4.79 Å². The second kappa shape index (κ2) is 6.15. The van der Waals surface area contributed by atoms with Gasteiger partial charge in [-0.1, -0.05) is 0 Å². The van der Waals surface area contributed by atoms with Crippen molar-refractivity contribution in [3.05, 3.63) is 36.9 Å². The number of carbonyl (C=O) groups is 1. The fourth-order valence-corrected chi connectivity index (χ4v) is 2.59. The van der Waals surface area contributed by atoms with Gasteiger partial charge in [0.1, 0.15) is 12.7 Å². The fourth-order valence-electron chi connectivity index (χ4n) is 2.59. The molecule has 22 heavy (non-hydrogen) atoms. The Balaban J connectivity index is 1.60. The van der Waals surface area contributed by atoms with Crippen LogP contribution in [0.2, 0.25) is 0 Å². The summed E-state index contributed by atoms with van der Waals surface area (Å²) in [4.78, 5) is 20.2. The Morgan fingerprint density at radius 2 is 2.09 bits per heavy atom. The number of hydrogen-bond acceptors (Lipinski definition) is 4. The minimum absolute atomic E-state index is 0.0437. The van der Waals surface area contributed by atoms with Crippen LogP contribution in [0.4, 0.5) is 10.5 Å². The molecule has 0 radical (unpaired) electrons. The monoisotopic (exact) mass is 300 g/mol. The Kier molecular flexibility index (Phi) is 4.06. The molecule has 7 heteroatoms. The molecule has 1 unspecified atom stereocenters. The van der Waals surface area contributed by atoms with Crippen LogP contribution in [0.3, 0.4) is 0 Å². The van der Waals surface area contributed by atoms with Crippen molar-refractivity contribution in [2.45, 2.75) is 12.5 Å². The molecule has 116 valence electrons. The summed E-state index contributed by atoms with van der Waals surface area (Å²) in [5, 5.41) is 7.01. The van der Waals surface area contributed by atoms with Crippen LogP contribution in [0.1, 0.15) is 6.42 Å². The fraction of sp³-hybridized carbons (Fsp3) is 0.400. The first-order chi connectivity index (χ1) is 10.6. The van der Waals surface area contributed by atoms with Gasteiger partial charge in [0, 0.05) is 24.8 Å². The molecule has 0 bridgehead atoms. The smallest absolute Gasteiger partial charge is 0.321 e. The molecule has 1 fully saturated rings. The average molecular weight is 300 g/mol. The molecule has 7 nitrogen and oxygen atoms in total. The summed E-state index contributed by atoms with van der Waals surface area (Å²) in [6.07, 6.45) is 4.15. The molecule has 1 aromatic carbocycles. The molecule has 3 rings (SSSR count). The summed E-state index contributed by atoms with van der Waals surface area (Å²) in [5.74, 6) is 0. The number of nitrogens with one attached hydrogen (secondary N) is 1. The lowest BCUT2D eigenvalue weighted by Gasteiger charge is -2.20. The van der Waals surface area contributed by atoms with Gasteiger partial charge in [-0.25, -0.2) is 14.5 Å². The van der Waals surface area contributed by atoms with E-state index in [4.69, 9.17) is 0 Å². The average Bonchev–Trinajstić information content (AvgIpc) is 3.20. The lowest BCUT2D eigenvalue weighted by atomic mass is 10.2. The number of aromatic nitrogens is 3. The summed E-state index contributed by atoms with van der Waals surface area (Å²) in [6.45, 7) is 1.57. The number of amides is 2. The van der Waals surface area contributed by atoms with E-state index in [0.717, 1.165) is 30.9 Å². The minimum atomic E-state index is -0.0437. The van der Waals surface area contributed by atoms with Crippen LogP contribution in [0, 0.1) is 0 Å². The Labute approximate surface area is 129 Å². The van der Waals surface area contributed by atoms with E-state index in [1.165, 1.54) is 6.33 Å². The van der Waals surface area contributed by atoms with E-state index in [0.29, 0.717) is 6.04 Å². The van der Waals surface area contributed by atoms with Gasteiger partial charge in [0.25, 0.3) is 0 Å². The van der Waals surface area contributed by atoms with Crippen LogP contribution in [0.5, 0.6) is 0 Å². The van der Waals surface area contributed by atoms with Gasteiger partial charge in [0.15, 0.2) is 0 Å². The molecular weight excluding hydrogens is 280 g/mol. The van der Waals surface area contributed by atoms with E-state index in [2.05, 4.69) is 34.4 Å². The van der Waals surface area contributed by atoms with Gasteiger partial charge in [0.2, 0.25) is 0 Å². The Hall–Kier alpha value is -2.41. The largest absolute Gasteiger partial charge is 0.323 e. The van der Waals surface area contributed by atoms with E-state index in [1.54, 1.807) is 11.0 Å². The molecule has 1 aromatic heterocycles. The van der Waals surface area contributed by atoms with E-state index in [1.807, 2.05) is 29.2 Å². The van der Waals surface area contributed by atoms with E-state index < -0.39 is 0 Å². The number of anilines is 1. The number of hydrogen-bond donors (Lipinski definition) is 1. The Bertz CT molecular complexity index is 622. The lowest BCUT2D eigenvalue weighted by molar-refractivity contribution is 0.216. The summed E-state index contributed by atoms with van der Waals surface area (Å²) in [5.41, 5.74) is 1.69. The zero-order valence-corrected chi connectivity index (χ0v) is 12.8. The molecule has 2 aromatic rings. The number of nitrogens with zero attached hydrogens (tertiary/aromatic N) is 5. The molecule has 1 saturated heterocycles. The van der Waals surface area contributed by atoms with Gasteiger partial charge < -0.3 is 15.1 Å². The van der Waals surface area contributed by atoms with Gasteiger partial charge >= 0.3 is 6.03 Å². The predicted molar refractivity (Wildman–Crippen MR) is 84.0 cm³/mol. The number of likely N-dealkylation sites (N-methyl/N-ethyl adjacent to an activating group) is 1. The van der Waals surface area contributed by atoms with Crippen molar-refractivity contribution in [2.75, 3.05) is 32.5 Å². The van der Waals surface area contributed by atoms with Gasteiger partial charge in [-0.2, -0.15) is 5.10 Å². The van der Waals surface area contributed by atoms with Crippen molar-refractivity contribution in [1.82, 2.24) is 24.6 Å². The normalized spacial score (nSPS) is 18.0. The maximum absolute atomic E-state index is 12.3. The lowest BCUT2D eigenvalue weighted by Crippen LogP contribution is -2.36. The quantitative estimate of drug-likeness (QED) is 0.931. The van der Waals surface area contributed by atoms with Crippen LogP contribution in [0.15, 0.2) is 36.9 Å². The molecule has 1 atom stereocenters. The predicted octanol–water partition coefficient (Wildman–Crippen LogP) is 1.44. The van der Waals surface area contributed by atoms with Crippen molar-refractivity contribution >= 4 is 11.7 Å². The van der Waals surface area contributed by atoms with Crippen molar-refractivity contribution in [3.63, 3.8) is 0 Å². The summed E-state index contributed by atoms with van der Waals surface area (Å²) in [6, 6.07) is 7.94. The van der Waals surface area contributed by atoms with Crippen LogP contribution in [-0.2, 0) is 0 Å². The highest BCUT2D eigenvalue weighted by Gasteiger charge is 2.27. The third-order valence-corrected chi connectivity index (χ3v) is 3.98. The number of likely N-dealkylation sites (tertiary alicyclic amines) is 1. The number of benzene rings is 1. The Morgan fingerprint density at radius 1 is 1.32 bits per heavy atom. The molecule has 0 aliphatic carbocycles. The molecular formula is C15H20N6O. The van der Waals surface area contributed by atoms with Crippen LogP contribution < -0.4 is 5.32 Å². The van der Waals surface area contributed by atoms with E-state index in [-0.39, 0.29) is 6.03 Å². The minimum Gasteiger partial charge on any atom is -0.323 e. The van der Waals surface area contributed by atoms with Gasteiger partial charge in [-0.05, 0) is 44.8 Å². The van der Waals surface area contributed by atoms with Crippen molar-refractivity contribution in [2.24, 2.45) is 0 Å². The van der Waals surface area contributed by atoms with Crippen LogP contribution in [-0.4, -0.2) is 63.8 Å². The summed E-state index contributed by atoms with van der Waals surface area (Å²) >= 11 is 0. The molecule has 2 amide bonds. The summed E-state index contributed by atoms with van der Waals surface area (Å²) < 4.78 is 1.67. The third kappa shape index (κ3) is 3.09. The van der Waals surface area contributed by atoms with Gasteiger partial charge in [0.05, 0.1) is 5.69 Å². The second-order valence-corrected chi connectivity index (χ2v) is 5.67. The molecule has 1 N–H and O–H groups in total. The standard InChI is InChI=1S/C15H20N6O/c1-19(2)14-7-8-20(9-14)15(22)18-12-3-5-13(6-4-12)21-11-16-10-17-21/h3-6,10-11,14H,7-9H2,1-2H3,(H,18,22). The van der Waals surface area contributed by atoms with Gasteiger partial charge in [-0.3, -0.25) is 0 Å². The first kappa shape index (κ1) is 14.5. The van der Waals surface area contributed by atoms with Crippen LogP contribution >= 0.6 is 0 Å². The molecule has 0 spiro atoms. The maximum Gasteiger partial charge on any atom is 0.321 e. The molecule has 1 aliphatic heterocycles. The first-order valence-electron chi connectivity index (χ1n) is 7.31. The number of rotatable bonds is 3. The van der Waals surface area contributed by atoms with E-state index >= 15 is 0 Å². The molecule has 0 saturated carbocycles. The highest BCUT2D eigenvalue weighted by atomic mass is 16.2. The zero-order chi connectivity index (χ0) is 15.5. The van der Waals surface area contributed by atoms with Crippen molar-refractivity contribution in [3.8, 4) is 5.69 Å². The molecule has 1 aliphatic rings. The van der Waals surface area contributed by atoms with Gasteiger partial charge in [-0.15, -0.1) is 0 Å². The van der Waals surface area contributed by atoms with Crippen LogP contribution in [0.25, 0.3) is 5.69 Å². The maximum atomic E-state index is 12.3. The molecule has 2 heterocycles. The third-order valence-electron chi connectivity index (χ3n) is 3.98.